The molecule has 0 saturated carbocycles. The molecular formula is C12H20F2N2O3. The van der Waals surface area contributed by atoms with Gasteiger partial charge in [-0.25, -0.2) is 13.6 Å². The van der Waals surface area contributed by atoms with Crippen LogP contribution in [0.4, 0.5) is 13.6 Å². The fourth-order valence-electron chi connectivity index (χ4n) is 2.20. The van der Waals surface area contributed by atoms with E-state index in [2.05, 4.69) is 5.32 Å². The quantitative estimate of drug-likeness (QED) is 0.823. The summed E-state index contributed by atoms with van der Waals surface area (Å²) in [6.45, 7) is 3.13. The Morgan fingerprint density at radius 2 is 2.05 bits per heavy atom. The molecule has 1 saturated heterocycles. The van der Waals surface area contributed by atoms with Crippen LogP contribution in [0.1, 0.15) is 26.7 Å². The SMILES string of the molecule is CC1CC(C(=O)O)CN(C(=O)NCCC(C)(F)F)C1. The lowest BCUT2D eigenvalue weighted by Gasteiger charge is -2.34. The van der Waals surface area contributed by atoms with Gasteiger partial charge in [0.1, 0.15) is 0 Å². The number of likely N-dealkylation sites (tertiary alicyclic amines) is 1. The lowest BCUT2D eigenvalue weighted by Crippen LogP contribution is -2.49. The summed E-state index contributed by atoms with van der Waals surface area (Å²) >= 11 is 0. The predicted molar refractivity (Wildman–Crippen MR) is 65.1 cm³/mol. The zero-order chi connectivity index (χ0) is 14.6. The molecular weight excluding hydrogens is 258 g/mol. The van der Waals surface area contributed by atoms with E-state index in [1.54, 1.807) is 0 Å². The molecule has 1 heterocycles. The van der Waals surface area contributed by atoms with Gasteiger partial charge in [-0.3, -0.25) is 4.79 Å². The van der Waals surface area contributed by atoms with E-state index in [1.807, 2.05) is 6.92 Å². The van der Waals surface area contributed by atoms with Crippen molar-refractivity contribution in [3.05, 3.63) is 0 Å². The van der Waals surface area contributed by atoms with Gasteiger partial charge in [0.2, 0.25) is 5.92 Å². The third-order valence-corrected chi connectivity index (χ3v) is 3.14. The molecule has 7 heteroatoms. The van der Waals surface area contributed by atoms with Crippen molar-refractivity contribution in [2.75, 3.05) is 19.6 Å². The van der Waals surface area contributed by atoms with Crippen LogP contribution in [0.15, 0.2) is 0 Å². The van der Waals surface area contributed by atoms with Crippen molar-refractivity contribution < 1.29 is 23.5 Å². The Hall–Kier alpha value is -1.40. The smallest absolute Gasteiger partial charge is 0.317 e. The number of carboxylic acids is 1. The molecule has 2 amide bonds. The normalized spacial score (nSPS) is 24.1. The van der Waals surface area contributed by atoms with Gasteiger partial charge in [-0.1, -0.05) is 6.92 Å². The Morgan fingerprint density at radius 3 is 2.58 bits per heavy atom. The van der Waals surface area contributed by atoms with E-state index in [4.69, 9.17) is 5.11 Å². The maximum Gasteiger partial charge on any atom is 0.317 e. The number of rotatable bonds is 4. The number of aliphatic carboxylic acids is 1. The Morgan fingerprint density at radius 1 is 1.42 bits per heavy atom. The number of amides is 2. The van der Waals surface area contributed by atoms with Gasteiger partial charge in [-0.2, -0.15) is 0 Å². The van der Waals surface area contributed by atoms with Gasteiger partial charge in [-0.05, 0) is 19.3 Å². The molecule has 2 unspecified atom stereocenters. The van der Waals surface area contributed by atoms with E-state index < -0.39 is 30.3 Å². The van der Waals surface area contributed by atoms with Gasteiger partial charge < -0.3 is 15.3 Å². The second-order valence-corrected chi connectivity index (χ2v) is 5.33. The second-order valence-electron chi connectivity index (χ2n) is 5.33. The monoisotopic (exact) mass is 278 g/mol. The average Bonchev–Trinajstić information content (AvgIpc) is 2.26. The molecule has 0 aromatic carbocycles. The number of nitrogens with one attached hydrogen (secondary N) is 1. The van der Waals surface area contributed by atoms with E-state index in [9.17, 15) is 18.4 Å². The molecule has 0 spiro atoms. The maximum atomic E-state index is 12.6. The van der Waals surface area contributed by atoms with Crippen LogP contribution < -0.4 is 5.32 Å². The number of carboxylic acid groups (broad SMARTS) is 1. The van der Waals surface area contributed by atoms with Crippen LogP contribution >= 0.6 is 0 Å². The highest BCUT2D eigenvalue weighted by Crippen LogP contribution is 2.22. The zero-order valence-electron chi connectivity index (χ0n) is 11.2. The number of urea groups is 1. The molecule has 19 heavy (non-hydrogen) atoms. The fourth-order valence-corrected chi connectivity index (χ4v) is 2.20. The molecule has 2 N–H and O–H groups in total. The van der Waals surface area contributed by atoms with Gasteiger partial charge in [0.05, 0.1) is 5.92 Å². The number of carbonyl (C=O) groups excluding carboxylic acids is 1. The van der Waals surface area contributed by atoms with Crippen LogP contribution in [-0.4, -0.2) is 47.6 Å². The Balaban J connectivity index is 2.45. The van der Waals surface area contributed by atoms with E-state index in [0.29, 0.717) is 13.0 Å². The van der Waals surface area contributed by atoms with Crippen LogP contribution in [0.2, 0.25) is 0 Å². The van der Waals surface area contributed by atoms with Crippen molar-refractivity contribution in [2.24, 2.45) is 11.8 Å². The Bertz CT molecular complexity index is 344. The molecule has 1 aliphatic rings. The number of piperidine rings is 1. The van der Waals surface area contributed by atoms with Gasteiger partial charge >= 0.3 is 12.0 Å². The Kier molecular flexibility index (Phi) is 5.08. The summed E-state index contributed by atoms with van der Waals surface area (Å²) < 4.78 is 25.2. The first-order valence-corrected chi connectivity index (χ1v) is 6.32. The summed E-state index contributed by atoms with van der Waals surface area (Å²) in [7, 11) is 0. The number of carbonyl (C=O) groups is 2. The molecule has 0 aliphatic carbocycles. The van der Waals surface area contributed by atoms with Crippen molar-refractivity contribution in [2.45, 2.75) is 32.6 Å². The summed E-state index contributed by atoms with van der Waals surface area (Å²) in [5.74, 6) is -4.23. The van der Waals surface area contributed by atoms with Crippen molar-refractivity contribution in [1.82, 2.24) is 10.2 Å². The number of halogens is 2. The largest absolute Gasteiger partial charge is 0.481 e. The van der Waals surface area contributed by atoms with Crippen molar-refractivity contribution in [3.63, 3.8) is 0 Å². The molecule has 1 aliphatic heterocycles. The second kappa shape index (κ2) is 6.16. The first-order chi connectivity index (χ1) is 8.69. The molecule has 0 bridgehead atoms. The van der Waals surface area contributed by atoms with Crippen LogP contribution in [0.3, 0.4) is 0 Å². The third kappa shape index (κ3) is 5.40. The molecule has 5 nitrogen and oxygen atoms in total. The highest BCUT2D eigenvalue weighted by atomic mass is 19.3. The summed E-state index contributed by atoms with van der Waals surface area (Å²) in [5.41, 5.74) is 0. The van der Waals surface area contributed by atoms with Gasteiger partial charge in [0, 0.05) is 26.1 Å². The predicted octanol–water partition coefficient (Wildman–Crippen LogP) is 1.78. The van der Waals surface area contributed by atoms with Crippen molar-refractivity contribution in [1.29, 1.82) is 0 Å². The van der Waals surface area contributed by atoms with Gasteiger partial charge in [-0.15, -0.1) is 0 Å². The minimum atomic E-state index is -2.81. The summed E-state index contributed by atoms with van der Waals surface area (Å²) in [5, 5.41) is 11.4. The van der Waals surface area contributed by atoms with Crippen LogP contribution in [0.5, 0.6) is 0 Å². The Labute approximate surface area is 111 Å². The number of hydrogen-bond donors (Lipinski definition) is 2. The number of hydrogen-bond acceptors (Lipinski definition) is 2. The van der Waals surface area contributed by atoms with Crippen molar-refractivity contribution in [3.8, 4) is 0 Å². The third-order valence-electron chi connectivity index (χ3n) is 3.14. The number of nitrogens with zero attached hydrogens (tertiary/aromatic N) is 1. The number of alkyl halides is 2. The molecule has 0 radical (unpaired) electrons. The van der Waals surface area contributed by atoms with E-state index in [0.717, 1.165) is 6.92 Å². The molecule has 110 valence electrons. The minimum absolute atomic E-state index is 0.0909. The lowest BCUT2D eigenvalue weighted by molar-refractivity contribution is -0.143. The van der Waals surface area contributed by atoms with Crippen LogP contribution in [0, 0.1) is 11.8 Å². The van der Waals surface area contributed by atoms with Gasteiger partial charge in [0.25, 0.3) is 0 Å². The first kappa shape index (κ1) is 15.7. The highest BCUT2D eigenvalue weighted by Gasteiger charge is 2.32. The summed E-state index contributed by atoms with van der Waals surface area (Å²) in [6.07, 6.45) is 0.108. The summed E-state index contributed by atoms with van der Waals surface area (Å²) in [6, 6.07) is -0.470. The van der Waals surface area contributed by atoms with E-state index >= 15 is 0 Å². The first-order valence-electron chi connectivity index (χ1n) is 6.32. The average molecular weight is 278 g/mol. The minimum Gasteiger partial charge on any atom is -0.481 e. The fraction of sp³-hybridized carbons (Fsp3) is 0.833. The zero-order valence-corrected chi connectivity index (χ0v) is 11.2. The molecule has 2 atom stereocenters. The van der Waals surface area contributed by atoms with E-state index in [-0.39, 0.29) is 19.0 Å². The van der Waals surface area contributed by atoms with Crippen LogP contribution in [0.25, 0.3) is 0 Å². The summed E-state index contributed by atoms with van der Waals surface area (Å²) in [4.78, 5) is 24.1. The molecule has 1 rings (SSSR count). The molecule has 0 aromatic rings. The lowest BCUT2D eigenvalue weighted by atomic mass is 9.91. The molecule has 1 fully saturated rings. The standard InChI is InChI=1S/C12H20F2N2O3/c1-8-5-9(10(17)18)7-16(6-8)11(19)15-4-3-12(2,13)14/h8-9H,3-7H2,1-2H3,(H,15,19)(H,17,18). The van der Waals surface area contributed by atoms with Crippen LogP contribution in [-0.2, 0) is 4.79 Å². The van der Waals surface area contributed by atoms with Gasteiger partial charge in [0.15, 0.2) is 0 Å². The topological polar surface area (TPSA) is 69.6 Å². The highest BCUT2D eigenvalue weighted by molar-refractivity contribution is 5.76. The van der Waals surface area contributed by atoms with Crippen molar-refractivity contribution >= 4 is 12.0 Å². The van der Waals surface area contributed by atoms with E-state index in [1.165, 1.54) is 4.90 Å². The maximum absolute atomic E-state index is 12.6. The molecule has 0 aromatic heterocycles.